The first-order valence-corrected chi connectivity index (χ1v) is 5.94. The van der Waals surface area contributed by atoms with Crippen LogP contribution in [-0.2, 0) is 4.79 Å². The van der Waals surface area contributed by atoms with Crippen molar-refractivity contribution < 1.29 is 14.6 Å². The first-order valence-electron chi connectivity index (χ1n) is 5.94. The highest BCUT2D eigenvalue weighted by molar-refractivity contribution is 5.73. The number of ether oxygens (including phenoxy) is 1. The molecular weight excluding hydrogens is 246 g/mol. The van der Waals surface area contributed by atoms with Crippen molar-refractivity contribution >= 4 is 5.97 Å². The molecule has 0 fully saturated rings. The summed E-state index contributed by atoms with van der Waals surface area (Å²) in [5, 5.41) is 16.9. The van der Waals surface area contributed by atoms with Crippen molar-refractivity contribution in [1.82, 2.24) is 15.0 Å². The lowest BCUT2D eigenvalue weighted by molar-refractivity contribution is -0.141. The molecular formula is C13H15N3O3. The van der Waals surface area contributed by atoms with E-state index in [1.807, 2.05) is 24.3 Å². The summed E-state index contributed by atoms with van der Waals surface area (Å²) in [6, 6.07) is 6.62. The molecule has 2 aromatic rings. The van der Waals surface area contributed by atoms with Gasteiger partial charge in [-0.05, 0) is 30.7 Å². The van der Waals surface area contributed by atoms with Gasteiger partial charge in [0.2, 0.25) is 0 Å². The van der Waals surface area contributed by atoms with Gasteiger partial charge in [-0.1, -0.05) is 12.1 Å². The molecule has 2 rings (SSSR count). The van der Waals surface area contributed by atoms with E-state index in [1.54, 1.807) is 20.2 Å². The molecule has 0 radical (unpaired) electrons. The predicted octanol–water partition coefficient (Wildman–Crippen LogP) is 1.99. The number of benzene rings is 1. The number of aliphatic carboxylic acids is 1. The first kappa shape index (κ1) is 13.1. The van der Waals surface area contributed by atoms with Crippen molar-refractivity contribution in [3.63, 3.8) is 0 Å². The lowest BCUT2D eigenvalue weighted by atomic mass is 10.1. The lowest BCUT2D eigenvalue weighted by Crippen LogP contribution is -2.20. The molecule has 1 aromatic carbocycles. The van der Waals surface area contributed by atoms with Crippen LogP contribution < -0.4 is 4.74 Å². The number of hydrogen-bond donors (Lipinski definition) is 1. The quantitative estimate of drug-likeness (QED) is 0.890. The molecule has 0 aliphatic rings. The third-order valence-corrected chi connectivity index (χ3v) is 2.93. The highest BCUT2D eigenvalue weighted by Crippen LogP contribution is 2.24. The van der Waals surface area contributed by atoms with Gasteiger partial charge in [0.25, 0.3) is 0 Å². The summed E-state index contributed by atoms with van der Waals surface area (Å²) in [7, 11) is 1.60. The minimum Gasteiger partial charge on any atom is -0.497 e. The molecule has 0 bridgehead atoms. The molecule has 1 aromatic heterocycles. The van der Waals surface area contributed by atoms with Crippen LogP contribution in [0.4, 0.5) is 0 Å². The molecule has 0 saturated carbocycles. The normalized spacial score (nSPS) is 12.1. The van der Waals surface area contributed by atoms with Crippen molar-refractivity contribution in [3.8, 4) is 17.0 Å². The molecule has 0 aliphatic carbocycles. The van der Waals surface area contributed by atoms with Crippen LogP contribution in [0, 0.1) is 0 Å². The van der Waals surface area contributed by atoms with E-state index in [0.717, 1.165) is 11.3 Å². The van der Waals surface area contributed by atoms with Crippen molar-refractivity contribution in [2.45, 2.75) is 19.4 Å². The van der Waals surface area contributed by atoms with Crippen LogP contribution in [0.15, 0.2) is 30.5 Å². The van der Waals surface area contributed by atoms with Gasteiger partial charge in [-0.3, -0.25) is 0 Å². The van der Waals surface area contributed by atoms with E-state index in [9.17, 15) is 9.90 Å². The molecule has 0 amide bonds. The number of rotatable bonds is 5. The molecule has 1 unspecified atom stereocenters. The van der Waals surface area contributed by atoms with E-state index in [4.69, 9.17) is 4.74 Å². The maximum absolute atomic E-state index is 11.2. The number of carboxylic acid groups (broad SMARTS) is 1. The van der Waals surface area contributed by atoms with Gasteiger partial charge >= 0.3 is 5.97 Å². The monoisotopic (exact) mass is 261 g/mol. The van der Waals surface area contributed by atoms with E-state index in [2.05, 4.69) is 10.3 Å². The summed E-state index contributed by atoms with van der Waals surface area (Å²) in [6.07, 6.45) is 2.01. The molecule has 6 heteroatoms. The predicted molar refractivity (Wildman–Crippen MR) is 69.0 cm³/mol. The largest absolute Gasteiger partial charge is 0.497 e. The third kappa shape index (κ3) is 2.57. The fraction of sp³-hybridized carbons (Fsp3) is 0.308. The standard InChI is InChI=1S/C13H15N3O3/c1-3-11(13(17)18)16-12(8-14-15-16)9-4-6-10(19-2)7-5-9/h4-8,11H,3H2,1-2H3,(H,17,18). The van der Waals surface area contributed by atoms with Crippen molar-refractivity contribution in [3.05, 3.63) is 30.5 Å². The maximum Gasteiger partial charge on any atom is 0.328 e. The van der Waals surface area contributed by atoms with Gasteiger partial charge in [-0.15, -0.1) is 5.10 Å². The second-order valence-corrected chi connectivity index (χ2v) is 4.05. The molecule has 100 valence electrons. The second-order valence-electron chi connectivity index (χ2n) is 4.05. The van der Waals surface area contributed by atoms with Gasteiger partial charge in [-0.2, -0.15) is 0 Å². The van der Waals surface area contributed by atoms with Crippen molar-refractivity contribution in [1.29, 1.82) is 0 Å². The Balaban J connectivity index is 2.40. The molecule has 0 spiro atoms. The zero-order valence-corrected chi connectivity index (χ0v) is 10.8. The Morgan fingerprint density at radius 2 is 2.11 bits per heavy atom. The minimum absolute atomic E-state index is 0.446. The number of methoxy groups -OCH3 is 1. The molecule has 0 aliphatic heterocycles. The fourth-order valence-electron chi connectivity index (χ4n) is 1.89. The van der Waals surface area contributed by atoms with E-state index in [1.165, 1.54) is 4.68 Å². The Morgan fingerprint density at radius 3 is 2.63 bits per heavy atom. The number of carbonyl (C=O) groups is 1. The number of carboxylic acids is 1. The Hall–Kier alpha value is -2.37. The van der Waals surface area contributed by atoms with E-state index < -0.39 is 12.0 Å². The highest BCUT2D eigenvalue weighted by atomic mass is 16.5. The highest BCUT2D eigenvalue weighted by Gasteiger charge is 2.21. The van der Waals surface area contributed by atoms with Gasteiger partial charge in [-0.25, -0.2) is 9.48 Å². The lowest BCUT2D eigenvalue weighted by Gasteiger charge is -2.13. The van der Waals surface area contributed by atoms with Gasteiger partial charge in [0, 0.05) is 5.56 Å². The molecule has 1 heterocycles. The summed E-state index contributed by atoms with van der Waals surface area (Å²) in [4.78, 5) is 11.2. The van der Waals surface area contributed by atoms with Gasteiger partial charge in [0.15, 0.2) is 6.04 Å². The molecule has 19 heavy (non-hydrogen) atoms. The van der Waals surface area contributed by atoms with Crippen LogP contribution in [-0.4, -0.2) is 33.2 Å². The number of aromatic nitrogens is 3. The Kier molecular flexibility index (Phi) is 3.79. The zero-order chi connectivity index (χ0) is 13.8. The zero-order valence-electron chi connectivity index (χ0n) is 10.8. The van der Waals surface area contributed by atoms with Crippen LogP contribution in [0.25, 0.3) is 11.3 Å². The summed E-state index contributed by atoms with van der Waals surface area (Å²) < 4.78 is 6.53. The van der Waals surface area contributed by atoms with Crippen LogP contribution >= 0.6 is 0 Å². The maximum atomic E-state index is 11.2. The van der Waals surface area contributed by atoms with Crippen LogP contribution in [0.1, 0.15) is 19.4 Å². The van der Waals surface area contributed by atoms with Crippen molar-refractivity contribution in [2.24, 2.45) is 0 Å². The van der Waals surface area contributed by atoms with E-state index in [-0.39, 0.29) is 0 Å². The second kappa shape index (κ2) is 5.51. The Labute approximate surface area is 110 Å². The van der Waals surface area contributed by atoms with Gasteiger partial charge in [0.1, 0.15) is 5.75 Å². The fourth-order valence-corrected chi connectivity index (χ4v) is 1.89. The van der Waals surface area contributed by atoms with Crippen LogP contribution in [0.3, 0.4) is 0 Å². The van der Waals surface area contributed by atoms with E-state index >= 15 is 0 Å². The van der Waals surface area contributed by atoms with Crippen LogP contribution in [0.2, 0.25) is 0 Å². The van der Waals surface area contributed by atoms with E-state index in [0.29, 0.717) is 12.1 Å². The average molecular weight is 261 g/mol. The Morgan fingerprint density at radius 1 is 1.42 bits per heavy atom. The summed E-state index contributed by atoms with van der Waals surface area (Å²) >= 11 is 0. The summed E-state index contributed by atoms with van der Waals surface area (Å²) in [6.45, 7) is 1.80. The van der Waals surface area contributed by atoms with Gasteiger partial charge in [0.05, 0.1) is 19.0 Å². The molecule has 1 N–H and O–H groups in total. The third-order valence-electron chi connectivity index (χ3n) is 2.93. The van der Waals surface area contributed by atoms with Crippen LogP contribution in [0.5, 0.6) is 5.75 Å². The SMILES string of the molecule is CCC(C(=O)O)n1nncc1-c1ccc(OC)cc1. The molecule has 6 nitrogen and oxygen atoms in total. The smallest absolute Gasteiger partial charge is 0.328 e. The molecule has 0 saturated heterocycles. The summed E-state index contributed by atoms with van der Waals surface area (Å²) in [5.74, 6) is -0.171. The first-order chi connectivity index (χ1) is 9.17. The molecule has 1 atom stereocenters. The summed E-state index contributed by atoms with van der Waals surface area (Å²) in [5.41, 5.74) is 1.53. The minimum atomic E-state index is -0.914. The number of nitrogens with zero attached hydrogens (tertiary/aromatic N) is 3. The Bertz CT molecular complexity index is 563. The number of hydrogen-bond acceptors (Lipinski definition) is 4. The topological polar surface area (TPSA) is 77.2 Å². The average Bonchev–Trinajstić information content (AvgIpc) is 2.88. The van der Waals surface area contributed by atoms with Crippen molar-refractivity contribution in [2.75, 3.05) is 7.11 Å². The van der Waals surface area contributed by atoms with Gasteiger partial charge < -0.3 is 9.84 Å².